The minimum atomic E-state index is 0.102. The maximum absolute atomic E-state index is 12.3. The molecule has 2 rings (SSSR count). The molecule has 0 aromatic heterocycles. The van der Waals surface area contributed by atoms with E-state index in [1.807, 2.05) is 0 Å². The molecule has 21 heavy (non-hydrogen) atoms. The van der Waals surface area contributed by atoms with Crippen molar-refractivity contribution in [1.82, 2.24) is 15.5 Å². The number of amides is 1. The molecule has 1 saturated heterocycles. The van der Waals surface area contributed by atoms with Gasteiger partial charge < -0.3 is 15.4 Å². The van der Waals surface area contributed by atoms with Gasteiger partial charge in [0.25, 0.3) is 0 Å². The summed E-state index contributed by atoms with van der Waals surface area (Å²) < 4.78 is 5.46. The van der Waals surface area contributed by atoms with Gasteiger partial charge in [-0.3, -0.25) is 9.69 Å². The van der Waals surface area contributed by atoms with E-state index in [1.54, 1.807) is 0 Å². The van der Waals surface area contributed by atoms with Crippen LogP contribution in [0, 0.1) is 0 Å². The summed E-state index contributed by atoms with van der Waals surface area (Å²) >= 11 is 0. The molecule has 0 bridgehead atoms. The first-order valence-electron chi connectivity index (χ1n) is 8.57. The lowest BCUT2D eigenvalue weighted by Gasteiger charge is -2.43. The molecule has 0 atom stereocenters. The third-order valence-electron chi connectivity index (χ3n) is 4.76. The van der Waals surface area contributed by atoms with Crippen LogP contribution in [0.25, 0.3) is 0 Å². The number of ether oxygens (including phenoxy) is 1. The van der Waals surface area contributed by atoms with Gasteiger partial charge in [-0.1, -0.05) is 19.8 Å². The second kappa shape index (κ2) is 8.71. The van der Waals surface area contributed by atoms with Gasteiger partial charge in [0, 0.05) is 38.1 Å². The lowest BCUT2D eigenvalue weighted by Crippen LogP contribution is -2.54. The standard InChI is InChI=1S/C16H31N3O2/c1-2-7-17-8-9-18-15(20)14-16(5-3-4-6-16)19-10-12-21-13-11-19/h17H,2-14H2,1H3,(H,18,20). The fraction of sp³-hybridized carbons (Fsp3) is 0.938. The summed E-state index contributed by atoms with van der Waals surface area (Å²) in [4.78, 5) is 14.8. The molecule has 0 radical (unpaired) electrons. The summed E-state index contributed by atoms with van der Waals surface area (Å²) in [5, 5.41) is 6.39. The summed E-state index contributed by atoms with van der Waals surface area (Å²) in [6, 6.07) is 0. The highest BCUT2D eigenvalue weighted by Crippen LogP contribution is 2.38. The lowest BCUT2D eigenvalue weighted by molar-refractivity contribution is -0.125. The van der Waals surface area contributed by atoms with Crippen molar-refractivity contribution in [3.05, 3.63) is 0 Å². The number of nitrogens with one attached hydrogen (secondary N) is 2. The van der Waals surface area contributed by atoms with Crippen LogP contribution >= 0.6 is 0 Å². The number of morpholine rings is 1. The Morgan fingerprint density at radius 1 is 1.14 bits per heavy atom. The molecule has 1 aliphatic heterocycles. The van der Waals surface area contributed by atoms with Crippen LogP contribution in [-0.4, -0.2) is 62.3 Å². The van der Waals surface area contributed by atoms with Crippen molar-refractivity contribution in [3.63, 3.8) is 0 Å². The molecule has 1 aliphatic carbocycles. The van der Waals surface area contributed by atoms with Crippen LogP contribution in [0.1, 0.15) is 45.4 Å². The fourth-order valence-corrected chi connectivity index (χ4v) is 3.63. The van der Waals surface area contributed by atoms with Gasteiger partial charge in [0.1, 0.15) is 0 Å². The summed E-state index contributed by atoms with van der Waals surface area (Å²) in [7, 11) is 0. The SMILES string of the molecule is CCCNCCNC(=O)CC1(N2CCOCC2)CCCC1. The number of carbonyl (C=O) groups is 1. The highest BCUT2D eigenvalue weighted by molar-refractivity contribution is 5.77. The Balaban J connectivity index is 1.77. The van der Waals surface area contributed by atoms with E-state index >= 15 is 0 Å². The van der Waals surface area contributed by atoms with E-state index < -0.39 is 0 Å². The molecular weight excluding hydrogens is 266 g/mol. The number of hydrogen-bond acceptors (Lipinski definition) is 4. The zero-order valence-electron chi connectivity index (χ0n) is 13.5. The normalized spacial score (nSPS) is 22.3. The Morgan fingerprint density at radius 2 is 1.86 bits per heavy atom. The molecule has 2 fully saturated rings. The third kappa shape index (κ3) is 4.94. The van der Waals surface area contributed by atoms with Crippen LogP contribution in [0.3, 0.4) is 0 Å². The van der Waals surface area contributed by atoms with Gasteiger partial charge in [-0.2, -0.15) is 0 Å². The third-order valence-corrected chi connectivity index (χ3v) is 4.76. The van der Waals surface area contributed by atoms with Gasteiger partial charge >= 0.3 is 0 Å². The monoisotopic (exact) mass is 297 g/mol. The zero-order chi connectivity index (χ0) is 15.0. The van der Waals surface area contributed by atoms with Gasteiger partial charge in [-0.15, -0.1) is 0 Å². The molecule has 1 amide bonds. The highest BCUT2D eigenvalue weighted by atomic mass is 16.5. The molecule has 5 nitrogen and oxygen atoms in total. The number of carbonyl (C=O) groups excluding carboxylic acids is 1. The molecule has 122 valence electrons. The molecule has 2 N–H and O–H groups in total. The Hall–Kier alpha value is -0.650. The Labute approximate surface area is 128 Å². The van der Waals surface area contributed by atoms with Crippen LogP contribution in [-0.2, 0) is 9.53 Å². The van der Waals surface area contributed by atoms with E-state index in [2.05, 4.69) is 22.5 Å². The van der Waals surface area contributed by atoms with E-state index in [0.29, 0.717) is 6.42 Å². The molecule has 1 heterocycles. The molecule has 1 saturated carbocycles. The van der Waals surface area contributed by atoms with Crippen molar-refractivity contribution in [2.24, 2.45) is 0 Å². The van der Waals surface area contributed by atoms with Crippen LogP contribution in [0.15, 0.2) is 0 Å². The van der Waals surface area contributed by atoms with Crippen molar-refractivity contribution in [3.8, 4) is 0 Å². The Morgan fingerprint density at radius 3 is 2.52 bits per heavy atom. The highest BCUT2D eigenvalue weighted by Gasteiger charge is 2.41. The second-order valence-corrected chi connectivity index (χ2v) is 6.31. The zero-order valence-corrected chi connectivity index (χ0v) is 13.5. The predicted octanol–water partition coefficient (Wildman–Crippen LogP) is 1.14. The topological polar surface area (TPSA) is 53.6 Å². The minimum Gasteiger partial charge on any atom is -0.379 e. The average molecular weight is 297 g/mol. The van der Waals surface area contributed by atoms with Crippen molar-refractivity contribution in [2.45, 2.75) is 51.0 Å². The first kappa shape index (κ1) is 16.7. The van der Waals surface area contributed by atoms with E-state index in [4.69, 9.17) is 4.74 Å². The summed E-state index contributed by atoms with van der Waals surface area (Å²) in [5.74, 6) is 0.210. The van der Waals surface area contributed by atoms with Crippen LogP contribution in [0.5, 0.6) is 0 Å². The molecule has 0 aromatic carbocycles. The average Bonchev–Trinajstić information content (AvgIpc) is 2.98. The summed E-state index contributed by atoms with van der Waals surface area (Å²) in [6.45, 7) is 8.35. The minimum absolute atomic E-state index is 0.102. The quantitative estimate of drug-likeness (QED) is 0.660. The number of hydrogen-bond donors (Lipinski definition) is 2. The van der Waals surface area contributed by atoms with Gasteiger partial charge in [0.15, 0.2) is 0 Å². The van der Waals surface area contributed by atoms with Gasteiger partial charge in [0.2, 0.25) is 5.91 Å². The molecule has 0 unspecified atom stereocenters. The first-order valence-corrected chi connectivity index (χ1v) is 8.57. The van der Waals surface area contributed by atoms with Crippen molar-refractivity contribution < 1.29 is 9.53 Å². The van der Waals surface area contributed by atoms with Gasteiger partial charge in [-0.05, 0) is 25.8 Å². The maximum atomic E-state index is 12.3. The van der Waals surface area contributed by atoms with Crippen molar-refractivity contribution >= 4 is 5.91 Å². The van der Waals surface area contributed by atoms with Crippen molar-refractivity contribution in [2.75, 3.05) is 45.9 Å². The first-order chi connectivity index (χ1) is 10.3. The van der Waals surface area contributed by atoms with Crippen LogP contribution in [0.2, 0.25) is 0 Å². The summed E-state index contributed by atoms with van der Waals surface area (Å²) in [5.41, 5.74) is 0.102. The molecule has 0 spiro atoms. The smallest absolute Gasteiger partial charge is 0.221 e. The summed E-state index contributed by atoms with van der Waals surface area (Å²) in [6.07, 6.45) is 6.61. The van der Waals surface area contributed by atoms with E-state index in [0.717, 1.165) is 65.2 Å². The number of rotatable bonds is 8. The van der Waals surface area contributed by atoms with Gasteiger partial charge in [-0.25, -0.2) is 0 Å². The lowest BCUT2D eigenvalue weighted by atomic mass is 9.90. The fourth-order valence-electron chi connectivity index (χ4n) is 3.63. The Kier molecular flexibility index (Phi) is 6.93. The molecule has 5 heteroatoms. The molecule has 0 aromatic rings. The van der Waals surface area contributed by atoms with E-state index in [9.17, 15) is 4.79 Å². The van der Waals surface area contributed by atoms with Crippen LogP contribution in [0.4, 0.5) is 0 Å². The number of nitrogens with zero attached hydrogens (tertiary/aromatic N) is 1. The molecular formula is C16H31N3O2. The predicted molar refractivity (Wildman–Crippen MR) is 84.4 cm³/mol. The second-order valence-electron chi connectivity index (χ2n) is 6.31. The molecule has 2 aliphatic rings. The van der Waals surface area contributed by atoms with Crippen molar-refractivity contribution in [1.29, 1.82) is 0 Å². The van der Waals surface area contributed by atoms with E-state index in [-0.39, 0.29) is 11.4 Å². The Bertz CT molecular complexity index is 311. The maximum Gasteiger partial charge on any atom is 0.221 e. The van der Waals surface area contributed by atoms with Gasteiger partial charge in [0.05, 0.1) is 13.2 Å². The van der Waals surface area contributed by atoms with E-state index in [1.165, 1.54) is 12.8 Å². The largest absolute Gasteiger partial charge is 0.379 e. The van der Waals surface area contributed by atoms with Crippen LogP contribution < -0.4 is 10.6 Å².